The molecule has 0 bridgehead atoms. The summed E-state index contributed by atoms with van der Waals surface area (Å²) >= 11 is 0. The van der Waals surface area contributed by atoms with Gasteiger partial charge < -0.3 is 14.4 Å². The summed E-state index contributed by atoms with van der Waals surface area (Å²) < 4.78 is 2.49. The van der Waals surface area contributed by atoms with Gasteiger partial charge in [0, 0.05) is 38.9 Å². The molecule has 1 aromatic heterocycles. The minimum atomic E-state index is -0.159. The van der Waals surface area contributed by atoms with Crippen LogP contribution in [-0.2, 0) is 5.41 Å². The molecule has 0 radical (unpaired) electrons. The first-order valence-corrected chi connectivity index (χ1v) is 20.1. The molecule has 0 saturated carbocycles. The zero-order valence-corrected chi connectivity index (χ0v) is 32.5. The lowest BCUT2D eigenvalue weighted by molar-refractivity contribution is 0.667. The maximum absolute atomic E-state index is 2.49. The fourth-order valence-corrected chi connectivity index (χ4v) is 9.51. The maximum Gasteiger partial charge on any atom is 0.0547 e. The molecule has 0 amide bonds. The summed E-state index contributed by atoms with van der Waals surface area (Å²) in [5.74, 6) is 0. The molecule has 3 nitrogen and oxygen atoms in total. The van der Waals surface area contributed by atoms with Crippen LogP contribution in [0.3, 0.4) is 0 Å². The molecule has 0 N–H and O–H groups in total. The Morgan fingerprint density at radius 1 is 0.362 bits per heavy atom. The molecular formula is C55H41N3. The Morgan fingerprint density at radius 3 is 1.40 bits per heavy atom. The monoisotopic (exact) mass is 743 g/mol. The van der Waals surface area contributed by atoms with E-state index in [1.807, 2.05) is 0 Å². The smallest absolute Gasteiger partial charge is 0.0547 e. The van der Waals surface area contributed by atoms with Crippen molar-refractivity contribution < 1.29 is 0 Å². The van der Waals surface area contributed by atoms with Gasteiger partial charge in [0.25, 0.3) is 0 Å². The first-order valence-electron chi connectivity index (χ1n) is 20.1. The number of hydrogen-bond acceptors (Lipinski definition) is 2. The zero-order valence-electron chi connectivity index (χ0n) is 32.5. The number of aromatic nitrogens is 1. The topological polar surface area (TPSA) is 11.4 Å². The Kier molecular flexibility index (Phi) is 7.84. The fourth-order valence-electron chi connectivity index (χ4n) is 9.51. The number of rotatable bonds is 7. The zero-order chi connectivity index (χ0) is 38.8. The van der Waals surface area contributed by atoms with E-state index in [-0.39, 0.29) is 5.41 Å². The van der Waals surface area contributed by atoms with E-state index in [4.69, 9.17) is 0 Å². The van der Waals surface area contributed by atoms with Crippen LogP contribution in [0.4, 0.5) is 34.1 Å². The lowest BCUT2D eigenvalue weighted by Crippen LogP contribution is -2.15. The van der Waals surface area contributed by atoms with E-state index in [0.29, 0.717) is 0 Å². The van der Waals surface area contributed by atoms with Crippen molar-refractivity contribution in [2.75, 3.05) is 9.80 Å². The van der Waals surface area contributed by atoms with Gasteiger partial charge in [-0.15, -0.1) is 0 Å². The van der Waals surface area contributed by atoms with Gasteiger partial charge in [0.05, 0.1) is 28.1 Å². The van der Waals surface area contributed by atoms with Crippen LogP contribution < -0.4 is 9.80 Å². The van der Waals surface area contributed by atoms with Crippen LogP contribution in [0.25, 0.3) is 49.4 Å². The second kappa shape index (κ2) is 13.4. The van der Waals surface area contributed by atoms with E-state index in [1.165, 1.54) is 54.8 Å². The second-order valence-corrected chi connectivity index (χ2v) is 15.8. The fraction of sp³-hybridized carbons (Fsp3) is 0.0545. The standard InChI is InChI=1S/C55H41N3/c1-55(2)51-36-50-47-29-17-18-30-52(47)58(53(50)37-49(51)48-32-31-38-19-15-16-28-46(38)54(48)55)45-34-43(56(39-20-7-3-8-21-39)40-22-9-4-10-23-40)33-44(35-45)57(41-24-11-5-12-25-41)42-26-13-6-14-27-42/h3-37H,1-2H3. The van der Waals surface area contributed by atoms with Gasteiger partial charge in [0.15, 0.2) is 0 Å². The van der Waals surface area contributed by atoms with Gasteiger partial charge in [0.2, 0.25) is 0 Å². The van der Waals surface area contributed by atoms with E-state index < -0.39 is 0 Å². The highest BCUT2D eigenvalue weighted by Gasteiger charge is 2.38. The van der Waals surface area contributed by atoms with Crippen molar-refractivity contribution in [1.82, 2.24) is 4.57 Å². The average molecular weight is 744 g/mol. The molecule has 1 heterocycles. The van der Waals surface area contributed by atoms with Gasteiger partial charge in [0.1, 0.15) is 0 Å². The van der Waals surface area contributed by atoms with Crippen LogP contribution in [0.2, 0.25) is 0 Å². The number of benzene rings is 9. The van der Waals surface area contributed by atoms with Crippen LogP contribution in [0, 0.1) is 0 Å². The minimum absolute atomic E-state index is 0.159. The highest BCUT2D eigenvalue weighted by atomic mass is 15.2. The van der Waals surface area contributed by atoms with Crippen molar-refractivity contribution in [3.05, 3.63) is 223 Å². The maximum atomic E-state index is 2.49. The summed E-state index contributed by atoms with van der Waals surface area (Å²) in [6.07, 6.45) is 0. The number of para-hydroxylation sites is 5. The first kappa shape index (κ1) is 33.9. The van der Waals surface area contributed by atoms with Gasteiger partial charge in [-0.2, -0.15) is 0 Å². The minimum Gasteiger partial charge on any atom is -0.310 e. The summed E-state index contributed by atoms with van der Waals surface area (Å²) in [4.78, 5) is 4.74. The molecule has 10 aromatic rings. The van der Waals surface area contributed by atoms with Crippen molar-refractivity contribution >= 4 is 66.7 Å². The Balaban J connectivity index is 1.23. The molecule has 0 atom stereocenters. The molecule has 0 aliphatic heterocycles. The molecular weight excluding hydrogens is 703 g/mol. The first-order chi connectivity index (χ1) is 28.5. The van der Waals surface area contributed by atoms with Crippen molar-refractivity contribution in [1.29, 1.82) is 0 Å². The van der Waals surface area contributed by atoms with Crippen LogP contribution >= 0.6 is 0 Å². The van der Waals surface area contributed by atoms with Crippen molar-refractivity contribution in [3.63, 3.8) is 0 Å². The summed E-state index contributed by atoms with van der Waals surface area (Å²) in [6.45, 7) is 4.79. The molecule has 0 saturated heterocycles. The van der Waals surface area contributed by atoms with E-state index in [0.717, 1.165) is 39.8 Å². The number of hydrogen-bond donors (Lipinski definition) is 0. The third kappa shape index (κ3) is 5.35. The van der Waals surface area contributed by atoms with Crippen molar-refractivity contribution in [3.8, 4) is 16.8 Å². The molecule has 58 heavy (non-hydrogen) atoms. The Hall–Kier alpha value is -7.36. The summed E-state index contributed by atoms with van der Waals surface area (Å²) in [5, 5.41) is 5.13. The third-order valence-electron chi connectivity index (χ3n) is 12.0. The van der Waals surface area contributed by atoms with Gasteiger partial charge >= 0.3 is 0 Å². The van der Waals surface area contributed by atoms with Crippen LogP contribution in [0.1, 0.15) is 25.0 Å². The summed E-state index contributed by atoms with van der Waals surface area (Å²) in [6, 6.07) is 77.2. The van der Waals surface area contributed by atoms with Gasteiger partial charge in [-0.3, -0.25) is 0 Å². The normalized spacial score (nSPS) is 12.8. The predicted molar refractivity (Wildman–Crippen MR) is 245 cm³/mol. The highest BCUT2D eigenvalue weighted by Crippen LogP contribution is 2.53. The Morgan fingerprint density at radius 2 is 0.845 bits per heavy atom. The van der Waals surface area contributed by atoms with Crippen molar-refractivity contribution in [2.24, 2.45) is 0 Å². The Labute approximate surface area is 339 Å². The molecule has 0 spiro atoms. The van der Waals surface area contributed by atoms with Gasteiger partial charge in [-0.25, -0.2) is 0 Å². The lowest BCUT2D eigenvalue weighted by atomic mass is 9.80. The molecule has 0 unspecified atom stereocenters. The molecule has 11 rings (SSSR count). The van der Waals surface area contributed by atoms with E-state index in [9.17, 15) is 0 Å². The third-order valence-corrected chi connectivity index (χ3v) is 12.0. The van der Waals surface area contributed by atoms with Crippen LogP contribution in [0.5, 0.6) is 0 Å². The Bertz CT molecular complexity index is 2950. The van der Waals surface area contributed by atoms with E-state index in [2.05, 4.69) is 241 Å². The molecule has 0 fully saturated rings. The summed E-state index contributed by atoms with van der Waals surface area (Å²) in [7, 11) is 0. The van der Waals surface area contributed by atoms with E-state index >= 15 is 0 Å². The lowest BCUT2D eigenvalue weighted by Gasteiger charge is -2.30. The SMILES string of the molecule is CC1(C)c2cc3c4ccccc4n(-c4cc(N(c5ccccc5)c5ccccc5)cc(N(c5ccccc5)c5ccccc5)c4)c3cc2-c2ccc3ccccc3c21. The summed E-state index contributed by atoms with van der Waals surface area (Å²) in [5.41, 5.74) is 15.2. The second-order valence-electron chi connectivity index (χ2n) is 15.8. The van der Waals surface area contributed by atoms with Crippen molar-refractivity contribution in [2.45, 2.75) is 19.3 Å². The van der Waals surface area contributed by atoms with E-state index in [1.54, 1.807) is 0 Å². The molecule has 276 valence electrons. The molecule has 1 aliphatic rings. The molecule has 9 aromatic carbocycles. The predicted octanol–water partition coefficient (Wildman–Crippen LogP) is 15.2. The number of nitrogens with zero attached hydrogens (tertiary/aromatic N) is 3. The molecule has 1 aliphatic carbocycles. The van der Waals surface area contributed by atoms with Crippen LogP contribution in [0.15, 0.2) is 212 Å². The number of anilines is 6. The van der Waals surface area contributed by atoms with Crippen LogP contribution in [-0.4, -0.2) is 4.57 Å². The quantitative estimate of drug-likeness (QED) is 0.161. The van der Waals surface area contributed by atoms with Gasteiger partial charge in [-0.1, -0.05) is 141 Å². The largest absolute Gasteiger partial charge is 0.310 e. The molecule has 3 heteroatoms. The van der Waals surface area contributed by atoms with Gasteiger partial charge in [-0.05, 0) is 118 Å². The number of fused-ring (bicyclic) bond motifs is 8. The highest BCUT2D eigenvalue weighted by molar-refractivity contribution is 6.12. The average Bonchev–Trinajstić information content (AvgIpc) is 3.72.